The second kappa shape index (κ2) is 4.22. The minimum atomic E-state index is -0.743. The summed E-state index contributed by atoms with van der Waals surface area (Å²) >= 11 is 6.01. The average molecular weight is 293 g/mol. The van der Waals surface area contributed by atoms with E-state index in [1.54, 1.807) is 0 Å². The van der Waals surface area contributed by atoms with E-state index in [0.29, 0.717) is 5.02 Å². The predicted octanol–water partition coefficient (Wildman–Crippen LogP) is 3.53. The molecule has 5 heteroatoms. The fraction of sp³-hybridized carbons (Fsp3) is 0.467. The van der Waals surface area contributed by atoms with Crippen LogP contribution in [0.25, 0.3) is 11.0 Å². The molecule has 3 rings (SSSR count). The van der Waals surface area contributed by atoms with Crippen LogP contribution in [0.5, 0.6) is 0 Å². The molecule has 0 radical (unpaired) electrons. The molecule has 0 aliphatic heterocycles. The van der Waals surface area contributed by atoms with E-state index in [9.17, 15) is 9.90 Å². The third-order valence-corrected chi connectivity index (χ3v) is 4.66. The van der Waals surface area contributed by atoms with Gasteiger partial charge in [0.1, 0.15) is 5.82 Å². The van der Waals surface area contributed by atoms with Crippen LogP contribution in [-0.2, 0) is 11.3 Å². The number of fused-ring (bicyclic) bond motifs is 1. The van der Waals surface area contributed by atoms with Crippen LogP contribution in [0.3, 0.4) is 0 Å². The first kappa shape index (κ1) is 13.4. The Morgan fingerprint density at radius 3 is 2.75 bits per heavy atom. The molecule has 0 amide bonds. The van der Waals surface area contributed by atoms with E-state index in [4.69, 9.17) is 11.6 Å². The lowest BCUT2D eigenvalue weighted by atomic mass is 10.1. The van der Waals surface area contributed by atoms with Crippen molar-refractivity contribution in [2.75, 3.05) is 0 Å². The summed E-state index contributed by atoms with van der Waals surface area (Å²) in [6, 6.07) is 5.62. The van der Waals surface area contributed by atoms with Gasteiger partial charge >= 0.3 is 5.97 Å². The van der Waals surface area contributed by atoms with Gasteiger partial charge in [-0.1, -0.05) is 25.4 Å². The van der Waals surface area contributed by atoms with Crippen LogP contribution >= 0.6 is 11.6 Å². The van der Waals surface area contributed by atoms with Crippen molar-refractivity contribution in [2.24, 2.45) is 11.3 Å². The number of aryl methyl sites for hydroxylation is 1. The number of rotatable bonds is 3. The van der Waals surface area contributed by atoms with E-state index in [1.165, 1.54) is 0 Å². The number of hydrogen-bond donors (Lipinski definition) is 1. The molecule has 1 aromatic heterocycles. The lowest BCUT2D eigenvalue weighted by Crippen LogP contribution is -2.04. The monoisotopic (exact) mass is 292 g/mol. The van der Waals surface area contributed by atoms with Crippen LogP contribution in [0.1, 0.15) is 32.5 Å². The lowest BCUT2D eigenvalue weighted by Gasteiger charge is -2.06. The van der Waals surface area contributed by atoms with Gasteiger partial charge in [0.25, 0.3) is 0 Å². The van der Waals surface area contributed by atoms with Crippen molar-refractivity contribution >= 4 is 28.6 Å². The molecule has 1 aliphatic rings. The highest BCUT2D eigenvalue weighted by atomic mass is 35.5. The second-order valence-electron chi connectivity index (χ2n) is 5.96. The van der Waals surface area contributed by atoms with E-state index in [1.807, 2.05) is 39.0 Å². The van der Waals surface area contributed by atoms with Crippen molar-refractivity contribution in [2.45, 2.75) is 33.2 Å². The quantitative estimate of drug-likeness (QED) is 0.941. The van der Waals surface area contributed by atoms with Gasteiger partial charge in [0.2, 0.25) is 0 Å². The Bertz CT molecular complexity index is 705. The molecule has 1 N–H and O–H groups in total. The van der Waals surface area contributed by atoms with Gasteiger partial charge in [-0.15, -0.1) is 0 Å². The number of halogens is 1. The molecular weight excluding hydrogens is 276 g/mol. The van der Waals surface area contributed by atoms with Crippen molar-refractivity contribution in [3.8, 4) is 0 Å². The summed E-state index contributed by atoms with van der Waals surface area (Å²) in [5.41, 5.74) is 1.60. The fourth-order valence-corrected chi connectivity index (χ4v) is 3.44. The van der Waals surface area contributed by atoms with Gasteiger partial charge < -0.3 is 9.67 Å². The van der Waals surface area contributed by atoms with Gasteiger partial charge in [-0.25, -0.2) is 4.98 Å². The molecular formula is C15H17ClN2O2. The van der Waals surface area contributed by atoms with Gasteiger partial charge in [-0.3, -0.25) is 4.79 Å². The maximum Gasteiger partial charge on any atom is 0.307 e. The van der Waals surface area contributed by atoms with Crippen molar-refractivity contribution in [1.29, 1.82) is 0 Å². The number of benzene rings is 1. The standard InChI is InChI=1S/C15H17ClN2O2/c1-4-18-10-6-5-8(16)7-9(10)17-13(18)11-12(14(19)20)15(11,2)3/h5-7,11-12H,4H2,1-3H3,(H,19,20). The SMILES string of the molecule is CCn1c(C2C(C(=O)O)C2(C)C)nc2cc(Cl)ccc21. The number of hydrogen-bond acceptors (Lipinski definition) is 2. The third-order valence-electron chi connectivity index (χ3n) is 4.43. The summed E-state index contributed by atoms with van der Waals surface area (Å²) in [4.78, 5) is 16.0. The molecule has 0 saturated heterocycles. The predicted molar refractivity (Wildman–Crippen MR) is 78.1 cm³/mol. The number of carboxylic acid groups (broad SMARTS) is 1. The summed E-state index contributed by atoms with van der Waals surface area (Å²) in [5.74, 6) is -0.277. The van der Waals surface area contributed by atoms with Gasteiger partial charge in [0, 0.05) is 17.5 Å². The molecule has 1 aliphatic carbocycles. The zero-order valence-corrected chi connectivity index (χ0v) is 12.5. The summed E-state index contributed by atoms with van der Waals surface area (Å²) in [7, 11) is 0. The summed E-state index contributed by atoms with van der Waals surface area (Å²) in [6.45, 7) is 6.79. The van der Waals surface area contributed by atoms with Crippen molar-refractivity contribution in [1.82, 2.24) is 9.55 Å². The molecule has 4 nitrogen and oxygen atoms in total. The average Bonchev–Trinajstić information content (AvgIpc) is 2.77. The Balaban J connectivity index is 2.15. The lowest BCUT2D eigenvalue weighted by molar-refractivity contribution is -0.139. The zero-order valence-electron chi connectivity index (χ0n) is 11.7. The van der Waals surface area contributed by atoms with E-state index in [0.717, 1.165) is 23.4 Å². The second-order valence-corrected chi connectivity index (χ2v) is 6.40. The largest absolute Gasteiger partial charge is 0.481 e. The smallest absolute Gasteiger partial charge is 0.307 e. The first-order chi connectivity index (χ1) is 9.37. The molecule has 20 heavy (non-hydrogen) atoms. The maximum atomic E-state index is 11.4. The highest BCUT2D eigenvalue weighted by molar-refractivity contribution is 6.31. The van der Waals surface area contributed by atoms with E-state index in [2.05, 4.69) is 9.55 Å². The molecule has 1 fully saturated rings. The van der Waals surface area contributed by atoms with Gasteiger partial charge in [0.05, 0.1) is 17.0 Å². The molecule has 1 aromatic carbocycles. The number of carboxylic acids is 1. The van der Waals surface area contributed by atoms with Crippen LogP contribution in [0.4, 0.5) is 0 Å². The van der Waals surface area contributed by atoms with Crippen molar-refractivity contribution in [3.05, 3.63) is 29.0 Å². The molecule has 0 bridgehead atoms. The van der Waals surface area contributed by atoms with Crippen LogP contribution in [-0.4, -0.2) is 20.6 Å². The number of aliphatic carboxylic acids is 1. The van der Waals surface area contributed by atoms with Crippen LogP contribution in [0.15, 0.2) is 18.2 Å². The van der Waals surface area contributed by atoms with Crippen molar-refractivity contribution in [3.63, 3.8) is 0 Å². The van der Waals surface area contributed by atoms with E-state index >= 15 is 0 Å². The maximum absolute atomic E-state index is 11.4. The van der Waals surface area contributed by atoms with Crippen LogP contribution < -0.4 is 0 Å². The Morgan fingerprint density at radius 1 is 1.50 bits per heavy atom. The molecule has 106 valence electrons. The first-order valence-corrected chi connectivity index (χ1v) is 7.14. The summed E-state index contributed by atoms with van der Waals surface area (Å²) in [6.07, 6.45) is 0. The fourth-order valence-electron chi connectivity index (χ4n) is 3.27. The third kappa shape index (κ3) is 1.74. The zero-order chi connectivity index (χ0) is 14.7. The number of carbonyl (C=O) groups is 1. The van der Waals surface area contributed by atoms with Gasteiger partial charge in [-0.2, -0.15) is 0 Å². The minimum absolute atomic E-state index is 0.0360. The number of imidazole rings is 1. The van der Waals surface area contributed by atoms with Crippen LogP contribution in [0.2, 0.25) is 5.02 Å². The Morgan fingerprint density at radius 2 is 2.20 bits per heavy atom. The normalized spacial score (nSPS) is 24.0. The highest BCUT2D eigenvalue weighted by Crippen LogP contribution is 2.64. The highest BCUT2D eigenvalue weighted by Gasteiger charge is 2.64. The molecule has 1 saturated carbocycles. The molecule has 0 spiro atoms. The molecule has 2 unspecified atom stereocenters. The molecule has 2 aromatic rings. The van der Waals surface area contributed by atoms with Gasteiger partial charge in [-0.05, 0) is 30.5 Å². The number of nitrogens with zero attached hydrogens (tertiary/aromatic N) is 2. The van der Waals surface area contributed by atoms with E-state index in [-0.39, 0.29) is 17.3 Å². The Kier molecular flexibility index (Phi) is 2.83. The molecule has 1 heterocycles. The van der Waals surface area contributed by atoms with Crippen LogP contribution in [0, 0.1) is 11.3 Å². The Labute approximate surface area is 122 Å². The topological polar surface area (TPSA) is 55.1 Å². The van der Waals surface area contributed by atoms with Gasteiger partial charge in [0.15, 0.2) is 0 Å². The summed E-state index contributed by atoms with van der Waals surface area (Å²) in [5, 5.41) is 9.99. The first-order valence-electron chi connectivity index (χ1n) is 6.76. The summed E-state index contributed by atoms with van der Waals surface area (Å²) < 4.78 is 2.10. The van der Waals surface area contributed by atoms with E-state index < -0.39 is 5.97 Å². The number of aromatic nitrogens is 2. The Hall–Kier alpha value is -1.55. The minimum Gasteiger partial charge on any atom is -0.481 e. The molecule has 2 atom stereocenters. The van der Waals surface area contributed by atoms with Crippen molar-refractivity contribution < 1.29 is 9.90 Å².